The van der Waals surface area contributed by atoms with Gasteiger partial charge in [0.2, 0.25) is 0 Å². The van der Waals surface area contributed by atoms with Crippen LogP contribution in [0.3, 0.4) is 0 Å². The van der Waals surface area contributed by atoms with Crippen molar-refractivity contribution < 1.29 is 0 Å². The first-order chi connectivity index (χ1) is 7.28. The monoisotopic (exact) mass is 205 g/mol. The normalized spacial score (nSPS) is 48.7. The molecular weight excluding hydrogens is 182 g/mol. The molecule has 4 saturated carbocycles. The summed E-state index contributed by atoms with van der Waals surface area (Å²) in [6.45, 7) is 3.05. The number of rotatable bonds is 2. The summed E-state index contributed by atoms with van der Waals surface area (Å²) in [7, 11) is 0. The van der Waals surface area contributed by atoms with Crippen molar-refractivity contribution in [1.82, 2.24) is 0 Å². The summed E-state index contributed by atoms with van der Waals surface area (Å²) in [5.74, 6) is 5.12. The Morgan fingerprint density at radius 2 is 1.60 bits per heavy atom. The molecule has 0 aromatic heterocycles. The molecule has 0 unspecified atom stereocenters. The Bertz CT molecular complexity index is 251. The van der Waals surface area contributed by atoms with Gasteiger partial charge in [-0.05, 0) is 68.6 Å². The Morgan fingerprint density at radius 1 is 1.07 bits per heavy atom. The minimum Gasteiger partial charge on any atom is -0.327 e. The van der Waals surface area contributed by atoms with E-state index in [0.29, 0.717) is 0 Å². The zero-order chi connectivity index (χ0) is 10.4. The first kappa shape index (κ1) is 9.89. The molecule has 0 atom stereocenters. The minimum atomic E-state index is 0.731. The molecule has 0 aliphatic heterocycles. The molecule has 0 amide bonds. The molecule has 0 spiro atoms. The van der Waals surface area contributed by atoms with Crippen LogP contribution in [0.5, 0.6) is 0 Å². The van der Waals surface area contributed by atoms with Gasteiger partial charge in [-0.15, -0.1) is 0 Å². The molecule has 2 N–H and O–H groups in total. The van der Waals surface area contributed by atoms with E-state index in [-0.39, 0.29) is 0 Å². The van der Waals surface area contributed by atoms with E-state index in [1.807, 2.05) is 0 Å². The lowest BCUT2D eigenvalue weighted by Gasteiger charge is -2.55. The fourth-order valence-corrected chi connectivity index (χ4v) is 4.99. The highest BCUT2D eigenvalue weighted by Gasteiger charge is 2.48. The Hall–Kier alpha value is -0.300. The van der Waals surface area contributed by atoms with E-state index in [9.17, 15) is 0 Å². The Kier molecular flexibility index (Phi) is 2.39. The van der Waals surface area contributed by atoms with Gasteiger partial charge in [-0.3, -0.25) is 0 Å². The second-order valence-corrected chi connectivity index (χ2v) is 6.14. The van der Waals surface area contributed by atoms with Gasteiger partial charge in [0, 0.05) is 6.54 Å². The van der Waals surface area contributed by atoms with Crippen molar-refractivity contribution in [2.45, 2.75) is 39.0 Å². The third-order valence-corrected chi connectivity index (χ3v) is 5.19. The van der Waals surface area contributed by atoms with E-state index in [1.165, 1.54) is 25.7 Å². The van der Waals surface area contributed by atoms with Gasteiger partial charge < -0.3 is 5.73 Å². The molecule has 0 saturated heterocycles. The van der Waals surface area contributed by atoms with E-state index in [0.717, 1.165) is 36.1 Å². The van der Waals surface area contributed by atoms with Crippen LogP contribution in [-0.2, 0) is 0 Å². The number of hydrogen-bond donors (Lipinski definition) is 1. The molecule has 4 rings (SSSR count). The van der Waals surface area contributed by atoms with Crippen molar-refractivity contribution in [1.29, 1.82) is 0 Å². The summed E-state index contributed by atoms with van der Waals surface area (Å²) in [6, 6.07) is 0. The maximum absolute atomic E-state index is 5.65. The molecular formula is C14H23N. The molecule has 0 aromatic rings. The highest BCUT2D eigenvalue weighted by Crippen LogP contribution is 2.58. The van der Waals surface area contributed by atoms with E-state index in [2.05, 4.69) is 13.0 Å². The van der Waals surface area contributed by atoms with Gasteiger partial charge in [0.15, 0.2) is 0 Å². The van der Waals surface area contributed by atoms with Crippen LogP contribution in [0, 0.1) is 29.6 Å². The predicted octanol–water partition coefficient (Wildman–Crippen LogP) is 2.96. The molecule has 0 aromatic carbocycles. The van der Waals surface area contributed by atoms with E-state index < -0.39 is 0 Å². The Labute approximate surface area is 93.1 Å². The van der Waals surface area contributed by atoms with Crippen LogP contribution in [0.2, 0.25) is 0 Å². The fourth-order valence-electron chi connectivity index (χ4n) is 4.99. The average molecular weight is 205 g/mol. The van der Waals surface area contributed by atoms with Gasteiger partial charge >= 0.3 is 0 Å². The Balaban J connectivity index is 1.83. The number of hydrogen-bond acceptors (Lipinski definition) is 1. The molecule has 0 heterocycles. The smallest absolute Gasteiger partial charge is 0.0109 e. The van der Waals surface area contributed by atoms with E-state index in [4.69, 9.17) is 5.73 Å². The molecule has 4 aliphatic carbocycles. The second-order valence-electron chi connectivity index (χ2n) is 6.14. The van der Waals surface area contributed by atoms with Crippen LogP contribution in [-0.4, -0.2) is 6.54 Å². The van der Waals surface area contributed by atoms with Crippen LogP contribution >= 0.6 is 0 Å². The highest BCUT2D eigenvalue weighted by atomic mass is 14.5. The van der Waals surface area contributed by atoms with Crippen molar-refractivity contribution in [2.24, 2.45) is 35.3 Å². The van der Waals surface area contributed by atoms with Crippen LogP contribution < -0.4 is 5.73 Å². The quantitative estimate of drug-likeness (QED) is 0.689. The van der Waals surface area contributed by atoms with E-state index >= 15 is 0 Å². The summed E-state index contributed by atoms with van der Waals surface area (Å²) in [6.07, 6.45) is 9.91. The SMILES string of the molecule is C/C(=C\CN)C1C2CC3CC(C2)CC1C3. The summed E-state index contributed by atoms with van der Waals surface area (Å²) in [5, 5.41) is 0. The molecule has 84 valence electrons. The van der Waals surface area contributed by atoms with Gasteiger partial charge in [-0.25, -0.2) is 0 Å². The lowest BCUT2D eigenvalue weighted by molar-refractivity contribution is -0.0208. The van der Waals surface area contributed by atoms with Gasteiger partial charge in [0.1, 0.15) is 0 Å². The van der Waals surface area contributed by atoms with Crippen LogP contribution in [0.4, 0.5) is 0 Å². The van der Waals surface area contributed by atoms with Crippen molar-refractivity contribution >= 4 is 0 Å². The van der Waals surface area contributed by atoms with Gasteiger partial charge in [-0.1, -0.05) is 11.6 Å². The maximum Gasteiger partial charge on any atom is 0.0109 e. The highest BCUT2D eigenvalue weighted by molar-refractivity contribution is 5.13. The standard InChI is InChI=1S/C14H23N/c1-9(2-3-15)14-12-5-10-4-11(7-12)8-13(14)6-10/h2,10-14H,3-8,15H2,1H3/b9-2+. The molecule has 1 heteroatoms. The zero-order valence-corrected chi connectivity index (χ0v) is 9.78. The predicted molar refractivity (Wildman–Crippen MR) is 63.3 cm³/mol. The topological polar surface area (TPSA) is 26.0 Å². The van der Waals surface area contributed by atoms with Crippen LogP contribution in [0.1, 0.15) is 39.0 Å². The largest absolute Gasteiger partial charge is 0.327 e. The van der Waals surface area contributed by atoms with Crippen molar-refractivity contribution in [3.05, 3.63) is 11.6 Å². The molecule has 4 aliphatic rings. The summed E-state index contributed by atoms with van der Waals surface area (Å²) >= 11 is 0. The van der Waals surface area contributed by atoms with Gasteiger partial charge in [0.25, 0.3) is 0 Å². The summed E-state index contributed by atoms with van der Waals surface area (Å²) in [5.41, 5.74) is 7.25. The zero-order valence-electron chi connectivity index (χ0n) is 9.78. The van der Waals surface area contributed by atoms with E-state index in [1.54, 1.807) is 12.0 Å². The fraction of sp³-hybridized carbons (Fsp3) is 0.857. The first-order valence-electron chi connectivity index (χ1n) is 6.64. The molecule has 4 bridgehead atoms. The Morgan fingerprint density at radius 3 is 2.07 bits per heavy atom. The maximum atomic E-state index is 5.65. The summed E-state index contributed by atoms with van der Waals surface area (Å²) in [4.78, 5) is 0. The first-order valence-corrected chi connectivity index (χ1v) is 6.64. The minimum absolute atomic E-state index is 0.731. The van der Waals surface area contributed by atoms with Crippen molar-refractivity contribution in [2.75, 3.05) is 6.54 Å². The van der Waals surface area contributed by atoms with Crippen molar-refractivity contribution in [3.63, 3.8) is 0 Å². The average Bonchev–Trinajstić information content (AvgIpc) is 2.15. The molecule has 0 radical (unpaired) electrons. The van der Waals surface area contributed by atoms with Crippen LogP contribution in [0.25, 0.3) is 0 Å². The number of nitrogens with two attached hydrogens (primary N) is 1. The molecule has 4 fully saturated rings. The van der Waals surface area contributed by atoms with Gasteiger partial charge in [0.05, 0.1) is 0 Å². The van der Waals surface area contributed by atoms with Gasteiger partial charge in [-0.2, -0.15) is 0 Å². The van der Waals surface area contributed by atoms with Crippen molar-refractivity contribution in [3.8, 4) is 0 Å². The lowest BCUT2D eigenvalue weighted by Crippen LogP contribution is -2.45. The lowest BCUT2D eigenvalue weighted by atomic mass is 9.50. The third-order valence-electron chi connectivity index (χ3n) is 5.19. The second kappa shape index (κ2) is 3.62. The summed E-state index contributed by atoms with van der Waals surface area (Å²) < 4.78 is 0. The van der Waals surface area contributed by atoms with Crippen LogP contribution in [0.15, 0.2) is 11.6 Å². The number of allylic oxidation sites excluding steroid dienone is 1. The third kappa shape index (κ3) is 1.56. The molecule has 1 nitrogen and oxygen atoms in total. The molecule has 15 heavy (non-hydrogen) atoms.